The van der Waals surface area contributed by atoms with E-state index in [-0.39, 0.29) is 24.0 Å². The molecule has 4 rings (SSSR count). The number of amides is 4. The van der Waals surface area contributed by atoms with Gasteiger partial charge in [0.2, 0.25) is 11.8 Å². The summed E-state index contributed by atoms with van der Waals surface area (Å²) in [4.78, 5) is 50.8. The standard InChI is InChI=1S/C20H22N6O4.C2H6/c1-4-25-10-14(23-24-25)20(2,3)22-12-7-5-6-11-16(12)19(30)26(18(11)29)13-8-9-15(27)21-17(13)28;1-2/h5-7,10,13,22H,4,8-9H2,1-3H3,(H,21,27,28);1-2H3. The third-order valence-electron chi connectivity index (χ3n) is 5.42. The van der Waals surface area contributed by atoms with Gasteiger partial charge in [-0.1, -0.05) is 25.1 Å². The molecular weight excluding hydrogens is 412 g/mol. The zero-order chi connectivity index (χ0) is 23.6. The molecule has 170 valence electrons. The summed E-state index contributed by atoms with van der Waals surface area (Å²) in [6, 6.07) is 3.96. The lowest BCUT2D eigenvalue weighted by atomic mass is 9.99. The average Bonchev–Trinajstić information content (AvgIpc) is 3.35. The van der Waals surface area contributed by atoms with Crippen molar-refractivity contribution in [1.29, 1.82) is 0 Å². The Labute approximate surface area is 186 Å². The van der Waals surface area contributed by atoms with Crippen molar-refractivity contribution in [2.24, 2.45) is 0 Å². The molecule has 32 heavy (non-hydrogen) atoms. The number of nitrogens with zero attached hydrogens (tertiary/aromatic N) is 4. The van der Waals surface area contributed by atoms with Crippen LogP contribution in [-0.2, 0) is 21.7 Å². The van der Waals surface area contributed by atoms with Crippen molar-refractivity contribution in [3.8, 4) is 0 Å². The summed E-state index contributed by atoms with van der Waals surface area (Å²) < 4.78 is 1.70. The van der Waals surface area contributed by atoms with Gasteiger partial charge in [-0.25, -0.2) is 0 Å². The van der Waals surface area contributed by atoms with Crippen LogP contribution in [0.3, 0.4) is 0 Å². The minimum atomic E-state index is -1.000. The molecule has 2 aliphatic heterocycles. The summed E-state index contributed by atoms with van der Waals surface area (Å²) in [6.45, 7) is 10.4. The number of carbonyl (C=O) groups is 4. The predicted molar refractivity (Wildman–Crippen MR) is 117 cm³/mol. The van der Waals surface area contributed by atoms with Crippen LogP contribution in [0.25, 0.3) is 0 Å². The predicted octanol–water partition coefficient (Wildman–Crippen LogP) is 2.07. The maximum Gasteiger partial charge on any atom is 0.264 e. The van der Waals surface area contributed by atoms with Gasteiger partial charge in [0.05, 0.1) is 22.9 Å². The van der Waals surface area contributed by atoms with E-state index in [0.717, 1.165) is 4.90 Å². The molecule has 4 amide bonds. The van der Waals surface area contributed by atoms with Gasteiger partial charge in [0.15, 0.2) is 0 Å². The number of fused-ring (bicyclic) bond motifs is 1. The van der Waals surface area contributed by atoms with Crippen LogP contribution in [0.2, 0.25) is 0 Å². The smallest absolute Gasteiger partial charge is 0.264 e. The first-order valence-corrected chi connectivity index (χ1v) is 10.8. The largest absolute Gasteiger partial charge is 0.374 e. The van der Waals surface area contributed by atoms with Crippen molar-refractivity contribution in [2.75, 3.05) is 5.32 Å². The molecule has 10 nitrogen and oxygen atoms in total. The van der Waals surface area contributed by atoms with Gasteiger partial charge in [-0.3, -0.25) is 34.1 Å². The summed E-state index contributed by atoms with van der Waals surface area (Å²) in [5.41, 5.74) is 0.914. The van der Waals surface area contributed by atoms with E-state index in [4.69, 9.17) is 0 Å². The van der Waals surface area contributed by atoms with Crippen molar-refractivity contribution in [1.82, 2.24) is 25.2 Å². The molecule has 2 aliphatic rings. The first kappa shape index (κ1) is 23.1. The number of imide groups is 2. The fraction of sp³-hybridized carbons (Fsp3) is 0.455. The molecule has 10 heteroatoms. The lowest BCUT2D eigenvalue weighted by Gasteiger charge is -2.28. The number of hydrogen-bond donors (Lipinski definition) is 2. The number of benzene rings is 1. The minimum absolute atomic E-state index is 0.0784. The molecule has 1 saturated heterocycles. The molecule has 0 bridgehead atoms. The van der Waals surface area contributed by atoms with Gasteiger partial charge in [0.1, 0.15) is 11.7 Å². The van der Waals surface area contributed by atoms with E-state index < -0.39 is 35.2 Å². The van der Waals surface area contributed by atoms with E-state index in [2.05, 4.69) is 20.9 Å². The van der Waals surface area contributed by atoms with E-state index in [9.17, 15) is 19.2 Å². The number of carbonyl (C=O) groups excluding carboxylic acids is 4. The van der Waals surface area contributed by atoms with Crippen LogP contribution < -0.4 is 10.6 Å². The molecule has 1 fully saturated rings. The monoisotopic (exact) mass is 440 g/mol. The Balaban J connectivity index is 0.00000141. The molecule has 2 N–H and O–H groups in total. The minimum Gasteiger partial charge on any atom is -0.374 e. The van der Waals surface area contributed by atoms with Crippen LogP contribution in [-0.4, -0.2) is 49.6 Å². The SMILES string of the molecule is CC.CCn1cc(C(C)(C)Nc2cccc3c2C(=O)N(C2CCC(=O)NC2=O)C3=O)nn1. The zero-order valence-corrected chi connectivity index (χ0v) is 18.9. The summed E-state index contributed by atoms with van der Waals surface area (Å²) >= 11 is 0. The van der Waals surface area contributed by atoms with E-state index in [1.54, 1.807) is 22.9 Å². The Morgan fingerprint density at radius 2 is 1.88 bits per heavy atom. The molecule has 0 spiro atoms. The van der Waals surface area contributed by atoms with E-state index >= 15 is 0 Å². The van der Waals surface area contributed by atoms with Gasteiger partial charge >= 0.3 is 0 Å². The number of aryl methyl sites for hydroxylation is 1. The molecule has 2 aromatic rings. The number of hydrogen-bond acceptors (Lipinski definition) is 7. The van der Waals surface area contributed by atoms with Gasteiger partial charge in [-0.2, -0.15) is 0 Å². The third kappa shape index (κ3) is 4.00. The van der Waals surface area contributed by atoms with Gasteiger partial charge in [0, 0.05) is 18.7 Å². The molecule has 0 radical (unpaired) electrons. The summed E-state index contributed by atoms with van der Waals surface area (Å²) in [5, 5.41) is 13.7. The lowest BCUT2D eigenvalue weighted by Crippen LogP contribution is -2.54. The number of piperidine rings is 1. The van der Waals surface area contributed by atoms with Crippen LogP contribution in [0.4, 0.5) is 5.69 Å². The quantitative estimate of drug-likeness (QED) is 0.682. The number of anilines is 1. The third-order valence-corrected chi connectivity index (χ3v) is 5.42. The maximum atomic E-state index is 13.2. The Morgan fingerprint density at radius 1 is 1.16 bits per heavy atom. The van der Waals surface area contributed by atoms with Crippen LogP contribution in [0.15, 0.2) is 24.4 Å². The Morgan fingerprint density at radius 3 is 2.50 bits per heavy atom. The van der Waals surface area contributed by atoms with Crippen LogP contribution in [0.1, 0.15) is 73.9 Å². The Kier molecular flexibility index (Phi) is 6.42. The molecule has 1 aromatic heterocycles. The highest BCUT2D eigenvalue weighted by Crippen LogP contribution is 2.35. The normalized spacial score (nSPS) is 18.2. The fourth-order valence-corrected chi connectivity index (χ4v) is 3.76. The second-order valence-electron chi connectivity index (χ2n) is 7.88. The molecule has 0 saturated carbocycles. The number of aromatic nitrogens is 3. The molecule has 1 aromatic carbocycles. The van der Waals surface area contributed by atoms with Crippen molar-refractivity contribution in [2.45, 2.75) is 65.6 Å². The van der Waals surface area contributed by atoms with E-state index in [1.165, 1.54) is 0 Å². The summed E-state index contributed by atoms with van der Waals surface area (Å²) in [7, 11) is 0. The van der Waals surface area contributed by atoms with Gasteiger partial charge < -0.3 is 5.32 Å². The highest BCUT2D eigenvalue weighted by atomic mass is 16.2. The van der Waals surface area contributed by atoms with Gasteiger partial charge in [-0.15, -0.1) is 5.10 Å². The van der Waals surface area contributed by atoms with Crippen molar-refractivity contribution in [3.63, 3.8) is 0 Å². The molecule has 1 atom stereocenters. The number of nitrogens with one attached hydrogen (secondary N) is 2. The van der Waals surface area contributed by atoms with E-state index in [0.29, 0.717) is 17.9 Å². The van der Waals surface area contributed by atoms with Crippen LogP contribution in [0.5, 0.6) is 0 Å². The molecular formula is C22H28N6O4. The summed E-state index contributed by atoms with van der Waals surface area (Å²) in [5.74, 6) is -2.13. The second-order valence-corrected chi connectivity index (χ2v) is 7.88. The van der Waals surface area contributed by atoms with Crippen molar-refractivity contribution >= 4 is 29.3 Å². The Bertz CT molecular complexity index is 1070. The highest BCUT2D eigenvalue weighted by Gasteiger charge is 2.46. The lowest BCUT2D eigenvalue weighted by molar-refractivity contribution is -0.136. The van der Waals surface area contributed by atoms with E-state index in [1.807, 2.05) is 40.8 Å². The fourth-order valence-electron chi connectivity index (χ4n) is 3.76. The summed E-state index contributed by atoms with van der Waals surface area (Å²) in [6.07, 6.45) is 2.01. The first-order valence-electron chi connectivity index (χ1n) is 10.8. The topological polar surface area (TPSA) is 126 Å². The highest BCUT2D eigenvalue weighted by molar-refractivity contribution is 6.25. The maximum absolute atomic E-state index is 13.2. The molecule has 0 aliphatic carbocycles. The first-order chi connectivity index (χ1) is 15.2. The average molecular weight is 441 g/mol. The van der Waals surface area contributed by atoms with Gasteiger partial charge in [-0.05, 0) is 39.3 Å². The van der Waals surface area contributed by atoms with Crippen molar-refractivity contribution < 1.29 is 19.2 Å². The van der Waals surface area contributed by atoms with Crippen LogP contribution in [0, 0.1) is 0 Å². The van der Waals surface area contributed by atoms with Gasteiger partial charge in [0.25, 0.3) is 11.8 Å². The van der Waals surface area contributed by atoms with Crippen molar-refractivity contribution in [3.05, 3.63) is 41.2 Å². The van der Waals surface area contributed by atoms with Crippen LogP contribution >= 0.6 is 0 Å². The molecule has 1 unspecified atom stereocenters. The zero-order valence-electron chi connectivity index (χ0n) is 18.9. The second kappa shape index (κ2) is 8.89. The number of rotatable bonds is 5. The Hall–Kier alpha value is -3.56. The molecule has 3 heterocycles.